The largest absolute Gasteiger partial charge is 0.464 e. The first-order valence-electron chi connectivity index (χ1n) is 3.91. The number of hydrogen-bond acceptors (Lipinski definition) is 4. The number of carbonyl (C=O) groups excluding carboxylic acids is 1. The van der Waals surface area contributed by atoms with E-state index in [1.807, 2.05) is 13.8 Å². The minimum absolute atomic E-state index is 0.0384. The number of aromatic nitrogens is 2. The predicted molar refractivity (Wildman–Crippen MR) is 54.7 cm³/mol. The first-order valence-corrected chi connectivity index (χ1v) is 4.67. The molecule has 14 heavy (non-hydrogen) atoms. The van der Waals surface area contributed by atoms with Gasteiger partial charge in [0.15, 0.2) is 10.8 Å². The zero-order valence-electron chi connectivity index (χ0n) is 8.04. The smallest absolute Gasteiger partial charge is 0.359 e. The second-order valence-electron chi connectivity index (χ2n) is 1.82. The molecular formula is C8H10Cl2N2O2. The number of carbonyl (C=O) groups is 1. The van der Waals surface area contributed by atoms with E-state index in [4.69, 9.17) is 23.2 Å². The third kappa shape index (κ3) is 3.47. The lowest BCUT2D eigenvalue weighted by molar-refractivity contribution is 0.0593. The molecule has 0 unspecified atom stereocenters. The van der Waals surface area contributed by atoms with Crippen LogP contribution in [0.25, 0.3) is 0 Å². The average Bonchev–Trinajstić information content (AvgIpc) is 2.20. The normalized spacial score (nSPS) is 8.64. The zero-order chi connectivity index (χ0) is 11.1. The van der Waals surface area contributed by atoms with Crippen LogP contribution in [0, 0.1) is 0 Å². The molecule has 0 aliphatic heterocycles. The molecule has 4 nitrogen and oxygen atoms in total. The van der Waals surface area contributed by atoms with E-state index in [1.54, 1.807) is 0 Å². The molecule has 0 radical (unpaired) electrons. The highest BCUT2D eigenvalue weighted by molar-refractivity contribution is 6.34. The Morgan fingerprint density at radius 2 is 2.00 bits per heavy atom. The Hall–Kier alpha value is -0.870. The van der Waals surface area contributed by atoms with Crippen LogP contribution in [0.4, 0.5) is 0 Å². The van der Waals surface area contributed by atoms with Gasteiger partial charge in [-0.15, -0.1) is 0 Å². The van der Waals surface area contributed by atoms with Crippen LogP contribution < -0.4 is 0 Å². The molecule has 0 aliphatic carbocycles. The van der Waals surface area contributed by atoms with Gasteiger partial charge in [-0.3, -0.25) is 0 Å². The van der Waals surface area contributed by atoms with E-state index < -0.39 is 5.97 Å². The zero-order valence-corrected chi connectivity index (χ0v) is 9.56. The first kappa shape index (κ1) is 13.1. The molecule has 78 valence electrons. The van der Waals surface area contributed by atoms with E-state index in [9.17, 15) is 4.79 Å². The van der Waals surface area contributed by atoms with Gasteiger partial charge in [0.25, 0.3) is 0 Å². The number of nitrogens with zero attached hydrogens (tertiary/aromatic N) is 2. The third-order valence-corrected chi connectivity index (χ3v) is 1.52. The summed E-state index contributed by atoms with van der Waals surface area (Å²) < 4.78 is 4.39. The van der Waals surface area contributed by atoms with Gasteiger partial charge in [0, 0.05) is 0 Å². The Morgan fingerprint density at radius 1 is 1.43 bits per heavy atom. The fraction of sp³-hybridized carbons (Fsp3) is 0.375. The van der Waals surface area contributed by atoms with Crippen LogP contribution in [0.15, 0.2) is 6.20 Å². The van der Waals surface area contributed by atoms with Gasteiger partial charge in [0.2, 0.25) is 0 Å². The quantitative estimate of drug-likeness (QED) is 0.704. The lowest BCUT2D eigenvalue weighted by Crippen LogP contribution is -2.05. The Kier molecular flexibility index (Phi) is 6.16. The summed E-state index contributed by atoms with van der Waals surface area (Å²) in [6, 6.07) is 0. The highest BCUT2D eigenvalue weighted by Gasteiger charge is 2.13. The van der Waals surface area contributed by atoms with Gasteiger partial charge in [-0.2, -0.15) is 0 Å². The van der Waals surface area contributed by atoms with Crippen molar-refractivity contribution in [3.8, 4) is 0 Å². The molecule has 1 aromatic rings. The maximum atomic E-state index is 10.9. The van der Waals surface area contributed by atoms with Crippen molar-refractivity contribution in [2.24, 2.45) is 0 Å². The highest BCUT2D eigenvalue weighted by Crippen LogP contribution is 2.13. The fourth-order valence-electron chi connectivity index (χ4n) is 0.580. The lowest BCUT2D eigenvalue weighted by atomic mass is 10.4. The van der Waals surface area contributed by atoms with Gasteiger partial charge in [-0.05, 0) is 0 Å². The van der Waals surface area contributed by atoms with Gasteiger partial charge in [-0.25, -0.2) is 14.8 Å². The van der Waals surface area contributed by atoms with Gasteiger partial charge < -0.3 is 4.74 Å². The summed E-state index contributed by atoms with van der Waals surface area (Å²) in [6.07, 6.45) is 1.22. The lowest BCUT2D eigenvalue weighted by Gasteiger charge is -1.99. The minimum atomic E-state index is -0.635. The summed E-state index contributed by atoms with van der Waals surface area (Å²) in [4.78, 5) is 18.2. The summed E-state index contributed by atoms with van der Waals surface area (Å²) in [5.74, 6) is -0.635. The van der Waals surface area contributed by atoms with Crippen molar-refractivity contribution < 1.29 is 9.53 Å². The van der Waals surface area contributed by atoms with Crippen molar-refractivity contribution in [3.63, 3.8) is 0 Å². The van der Waals surface area contributed by atoms with Crippen LogP contribution in [-0.2, 0) is 4.74 Å². The molecule has 1 rings (SSSR count). The van der Waals surface area contributed by atoms with Crippen molar-refractivity contribution in [1.29, 1.82) is 0 Å². The van der Waals surface area contributed by atoms with Crippen molar-refractivity contribution in [3.05, 3.63) is 22.2 Å². The van der Waals surface area contributed by atoms with Crippen LogP contribution in [0.1, 0.15) is 24.3 Å². The van der Waals surface area contributed by atoms with Crippen molar-refractivity contribution in [2.75, 3.05) is 7.11 Å². The molecule has 1 heterocycles. The maximum Gasteiger partial charge on any atom is 0.359 e. The Morgan fingerprint density at radius 3 is 2.43 bits per heavy atom. The third-order valence-electron chi connectivity index (χ3n) is 1.08. The molecule has 0 fully saturated rings. The summed E-state index contributed by atoms with van der Waals surface area (Å²) in [7, 11) is 1.23. The van der Waals surface area contributed by atoms with E-state index in [0.29, 0.717) is 0 Å². The Bertz CT molecular complexity index is 318. The monoisotopic (exact) mass is 236 g/mol. The summed E-state index contributed by atoms with van der Waals surface area (Å²) in [6.45, 7) is 4.00. The summed E-state index contributed by atoms with van der Waals surface area (Å²) >= 11 is 11.0. The van der Waals surface area contributed by atoms with Crippen molar-refractivity contribution in [1.82, 2.24) is 9.97 Å². The van der Waals surface area contributed by atoms with E-state index in [0.717, 1.165) is 0 Å². The van der Waals surface area contributed by atoms with Gasteiger partial charge in [0.1, 0.15) is 5.15 Å². The van der Waals surface area contributed by atoms with E-state index in [2.05, 4.69) is 14.7 Å². The summed E-state index contributed by atoms with van der Waals surface area (Å²) in [5.41, 5.74) is -0.0384. The van der Waals surface area contributed by atoms with E-state index in [1.165, 1.54) is 13.3 Å². The second-order valence-corrected chi connectivity index (χ2v) is 2.57. The molecule has 0 amide bonds. The second kappa shape index (κ2) is 6.56. The van der Waals surface area contributed by atoms with E-state index >= 15 is 0 Å². The number of rotatable bonds is 1. The molecule has 0 aliphatic rings. The predicted octanol–water partition coefficient (Wildman–Crippen LogP) is 2.60. The number of hydrogen-bond donors (Lipinski definition) is 0. The average molecular weight is 237 g/mol. The number of esters is 1. The first-order chi connectivity index (χ1) is 6.65. The number of halogens is 2. The molecule has 0 atom stereocenters. The fourth-order valence-corrected chi connectivity index (χ4v) is 0.974. The number of ether oxygens (including phenoxy) is 1. The Balaban J connectivity index is 0.000000791. The van der Waals surface area contributed by atoms with E-state index in [-0.39, 0.29) is 16.0 Å². The van der Waals surface area contributed by atoms with Gasteiger partial charge in [0.05, 0.1) is 13.3 Å². The maximum absolute atomic E-state index is 10.9. The SMILES string of the molecule is CC.COC(=O)c1ncc(Cl)nc1Cl. The molecule has 0 saturated heterocycles. The standard InChI is InChI=1S/C6H4Cl2N2O2.C2H6/c1-12-6(11)4-5(8)10-3(7)2-9-4;1-2/h2H,1H3;1-2H3. The van der Waals surface area contributed by atoms with Crippen LogP contribution >= 0.6 is 23.2 Å². The molecule has 0 bridgehead atoms. The molecule has 6 heteroatoms. The minimum Gasteiger partial charge on any atom is -0.464 e. The van der Waals surface area contributed by atoms with Gasteiger partial charge >= 0.3 is 5.97 Å². The molecular weight excluding hydrogens is 227 g/mol. The molecule has 1 aromatic heterocycles. The molecule has 0 spiro atoms. The molecule has 0 N–H and O–H groups in total. The molecule has 0 aromatic carbocycles. The van der Waals surface area contributed by atoms with Crippen molar-refractivity contribution >= 4 is 29.2 Å². The van der Waals surface area contributed by atoms with Crippen LogP contribution in [-0.4, -0.2) is 23.0 Å². The van der Waals surface area contributed by atoms with Crippen LogP contribution in [0.2, 0.25) is 10.3 Å². The number of methoxy groups -OCH3 is 1. The Labute approximate surface area is 92.2 Å². The molecule has 0 saturated carbocycles. The van der Waals surface area contributed by atoms with Gasteiger partial charge in [-0.1, -0.05) is 37.0 Å². The van der Waals surface area contributed by atoms with Crippen LogP contribution in [0.3, 0.4) is 0 Å². The summed E-state index contributed by atoms with van der Waals surface area (Å²) in [5, 5.41) is 0.0713. The highest BCUT2D eigenvalue weighted by atomic mass is 35.5. The van der Waals surface area contributed by atoms with Crippen molar-refractivity contribution in [2.45, 2.75) is 13.8 Å². The topological polar surface area (TPSA) is 52.1 Å². The van der Waals surface area contributed by atoms with Crippen LogP contribution in [0.5, 0.6) is 0 Å².